The molecule has 3 rings (SSSR count). The number of rotatable bonds is 2. The summed E-state index contributed by atoms with van der Waals surface area (Å²) in [5.41, 5.74) is 2.78. The maximum atomic E-state index is 9.26. The van der Waals surface area contributed by atoms with Crippen LogP contribution in [0.1, 0.15) is 0 Å². The summed E-state index contributed by atoms with van der Waals surface area (Å²) >= 11 is 1.57. The van der Waals surface area contributed by atoms with Crippen LogP contribution in [0.3, 0.4) is 0 Å². The molecule has 0 aliphatic heterocycles. The van der Waals surface area contributed by atoms with E-state index in [0.29, 0.717) is 0 Å². The van der Waals surface area contributed by atoms with Crippen molar-refractivity contribution in [3.8, 4) is 27.7 Å². The second kappa shape index (κ2) is 4.58. The minimum atomic E-state index is 0.263. The van der Waals surface area contributed by atoms with Crippen molar-refractivity contribution in [2.24, 2.45) is 0 Å². The number of phenolic OH excluding ortho intramolecular Hbond substituents is 1. The zero-order chi connectivity index (χ0) is 12.4. The van der Waals surface area contributed by atoms with E-state index < -0.39 is 0 Å². The Labute approximate surface area is 108 Å². The van der Waals surface area contributed by atoms with Gasteiger partial charge in [-0.2, -0.15) is 0 Å². The van der Waals surface area contributed by atoms with Crippen LogP contribution < -0.4 is 0 Å². The highest BCUT2D eigenvalue weighted by atomic mass is 32.1. The van der Waals surface area contributed by atoms with Gasteiger partial charge in [0.25, 0.3) is 0 Å². The number of phenols is 1. The van der Waals surface area contributed by atoms with Gasteiger partial charge in [-0.05, 0) is 36.4 Å². The number of pyridine rings is 1. The van der Waals surface area contributed by atoms with E-state index >= 15 is 0 Å². The fourth-order valence-electron chi connectivity index (χ4n) is 1.65. The first-order valence-electron chi connectivity index (χ1n) is 5.49. The lowest BCUT2D eigenvalue weighted by Crippen LogP contribution is -1.81. The van der Waals surface area contributed by atoms with Crippen molar-refractivity contribution >= 4 is 11.3 Å². The van der Waals surface area contributed by atoms with Gasteiger partial charge in [-0.1, -0.05) is 6.07 Å². The Hall–Kier alpha value is -2.20. The third-order valence-electron chi connectivity index (χ3n) is 2.55. The van der Waals surface area contributed by atoms with Crippen molar-refractivity contribution in [3.63, 3.8) is 0 Å². The molecule has 0 spiro atoms. The summed E-state index contributed by atoms with van der Waals surface area (Å²) < 4.78 is 0. The first-order valence-corrected chi connectivity index (χ1v) is 6.37. The van der Waals surface area contributed by atoms with Gasteiger partial charge in [0, 0.05) is 17.1 Å². The molecule has 3 nitrogen and oxygen atoms in total. The molecule has 0 fully saturated rings. The molecule has 0 saturated heterocycles. The highest BCUT2D eigenvalue weighted by molar-refractivity contribution is 7.13. The lowest BCUT2D eigenvalue weighted by Gasteiger charge is -1.96. The molecule has 3 aromatic rings. The Morgan fingerprint density at radius 3 is 2.50 bits per heavy atom. The van der Waals surface area contributed by atoms with Crippen LogP contribution in [0.25, 0.3) is 22.0 Å². The van der Waals surface area contributed by atoms with E-state index in [0.717, 1.165) is 22.0 Å². The lowest BCUT2D eigenvalue weighted by molar-refractivity contribution is 0.475. The lowest BCUT2D eigenvalue weighted by atomic mass is 10.2. The third-order valence-corrected chi connectivity index (χ3v) is 3.42. The summed E-state index contributed by atoms with van der Waals surface area (Å²) in [6, 6.07) is 12.8. The average Bonchev–Trinajstić information content (AvgIpc) is 2.90. The molecule has 88 valence electrons. The Morgan fingerprint density at radius 2 is 1.78 bits per heavy atom. The van der Waals surface area contributed by atoms with Gasteiger partial charge in [0.05, 0.1) is 11.4 Å². The van der Waals surface area contributed by atoms with Gasteiger partial charge in [0.1, 0.15) is 10.8 Å². The van der Waals surface area contributed by atoms with Crippen molar-refractivity contribution in [2.45, 2.75) is 0 Å². The van der Waals surface area contributed by atoms with Gasteiger partial charge < -0.3 is 5.11 Å². The Balaban J connectivity index is 1.97. The van der Waals surface area contributed by atoms with Crippen LogP contribution in [0.2, 0.25) is 0 Å². The fourth-order valence-corrected chi connectivity index (χ4v) is 2.45. The molecule has 0 bridgehead atoms. The maximum absolute atomic E-state index is 9.26. The normalized spacial score (nSPS) is 10.4. The molecule has 0 amide bonds. The predicted octanol–water partition coefficient (Wildman–Crippen LogP) is 3.58. The van der Waals surface area contributed by atoms with Crippen molar-refractivity contribution < 1.29 is 5.11 Å². The number of hydrogen-bond donors (Lipinski definition) is 1. The number of aromatic hydroxyl groups is 1. The fraction of sp³-hybridized carbons (Fsp3) is 0. The van der Waals surface area contributed by atoms with Crippen LogP contribution >= 0.6 is 11.3 Å². The minimum Gasteiger partial charge on any atom is -0.508 e. The van der Waals surface area contributed by atoms with Crippen LogP contribution in [0.5, 0.6) is 5.75 Å². The smallest absolute Gasteiger partial charge is 0.142 e. The van der Waals surface area contributed by atoms with Crippen molar-refractivity contribution in [1.82, 2.24) is 9.97 Å². The second-order valence-electron chi connectivity index (χ2n) is 3.80. The maximum Gasteiger partial charge on any atom is 0.142 e. The van der Waals surface area contributed by atoms with Crippen molar-refractivity contribution in [3.05, 3.63) is 54.0 Å². The van der Waals surface area contributed by atoms with Crippen LogP contribution in [0, 0.1) is 0 Å². The molecule has 0 radical (unpaired) electrons. The molecular formula is C14H10N2OS. The molecule has 1 aromatic carbocycles. The molecule has 2 heterocycles. The highest BCUT2D eigenvalue weighted by Crippen LogP contribution is 2.28. The van der Waals surface area contributed by atoms with Gasteiger partial charge >= 0.3 is 0 Å². The van der Waals surface area contributed by atoms with E-state index in [9.17, 15) is 5.11 Å². The molecule has 0 saturated carbocycles. The molecule has 0 aliphatic rings. The summed E-state index contributed by atoms with van der Waals surface area (Å²) in [5, 5.41) is 12.2. The molecule has 1 N–H and O–H groups in total. The molecule has 0 atom stereocenters. The van der Waals surface area contributed by atoms with E-state index in [1.807, 2.05) is 35.7 Å². The summed E-state index contributed by atoms with van der Waals surface area (Å²) in [6.45, 7) is 0. The number of aromatic nitrogens is 2. The molecular weight excluding hydrogens is 244 g/mol. The summed E-state index contributed by atoms with van der Waals surface area (Å²) in [5.74, 6) is 0.263. The monoisotopic (exact) mass is 254 g/mol. The van der Waals surface area contributed by atoms with Gasteiger partial charge in [-0.25, -0.2) is 4.98 Å². The Kier molecular flexibility index (Phi) is 2.78. The number of nitrogens with zero attached hydrogens (tertiary/aromatic N) is 2. The molecule has 0 aliphatic carbocycles. The molecule has 0 unspecified atom stereocenters. The second-order valence-corrected chi connectivity index (χ2v) is 4.66. The number of benzene rings is 1. The van der Waals surface area contributed by atoms with Crippen LogP contribution in [0.15, 0.2) is 54.0 Å². The molecule has 18 heavy (non-hydrogen) atoms. The zero-order valence-corrected chi connectivity index (χ0v) is 10.3. The Morgan fingerprint density at radius 1 is 0.944 bits per heavy atom. The van der Waals surface area contributed by atoms with Crippen LogP contribution in [-0.2, 0) is 0 Å². The van der Waals surface area contributed by atoms with E-state index in [1.165, 1.54) is 0 Å². The largest absolute Gasteiger partial charge is 0.508 e. The van der Waals surface area contributed by atoms with Crippen molar-refractivity contribution in [2.75, 3.05) is 0 Å². The summed E-state index contributed by atoms with van der Waals surface area (Å²) in [4.78, 5) is 8.83. The predicted molar refractivity (Wildman–Crippen MR) is 72.4 cm³/mol. The summed E-state index contributed by atoms with van der Waals surface area (Å²) in [6.07, 6.45) is 1.76. The van der Waals surface area contributed by atoms with Gasteiger partial charge in [-0.15, -0.1) is 11.3 Å². The molecule has 4 heteroatoms. The topological polar surface area (TPSA) is 46.0 Å². The van der Waals surface area contributed by atoms with E-state index in [2.05, 4.69) is 9.97 Å². The van der Waals surface area contributed by atoms with Crippen LogP contribution in [-0.4, -0.2) is 15.1 Å². The van der Waals surface area contributed by atoms with Crippen molar-refractivity contribution in [1.29, 1.82) is 0 Å². The standard InChI is InChI=1S/C14H10N2OS/c17-11-6-4-10(5-7-11)13-9-18-14(16-13)12-3-1-2-8-15-12/h1-9,17H. The van der Waals surface area contributed by atoms with E-state index in [4.69, 9.17) is 0 Å². The van der Waals surface area contributed by atoms with Crippen LogP contribution in [0.4, 0.5) is 0 Å². The Bertz CT molecular complexity index is 647. The average molecular weight is 254 g/mol. The van der Waals surface area contributed by atoms with Gasteiger partial charge in [0.2, 0.25) is 0 Å². The first-order chi connectivity index (χ1) is 8.83. The first kappa shape index (κ1) is 10.9. The van der Waals surface area contributed by atoms with E-state index in [-0.39, 0.29) is 5.75 Å². The van der Waals surface area contributed by atoms with Gasteiger partial charge in [0.15, 0.2) is 0 Å². The minimum absolute atomic E-state index is 0.263. The molecule has 2 aromatic heterocycles. The number of hydrogen-bond acceptors (Lipinski definition) is 4. The quantitative estimate of drug-likeness (QED) is 0.760. The van der Waals surface area contributed by atoms with E-state index in [1.54, 1.807) is 29.7 Å². The number of thiazole rings is 1. The zero-order valence-electron chi connectivity index (χ0n) is 9.45. The van der Waals surface area contributed by atoms with Gasteiger partial charge in [-0.3, -0.25) is 4.98 Å². The summed E-state index contributed by atoms with van der Waals surface area (Å²) in [7, 11) is 0. The SMILES string of the molecule is Oc1ccc(-c2csc(-c3ccccn3)n2)cc1. The third kappa shape index (κ3) is 2.10. The highest BCUT2D eigenvalue weighted by Gasteiger charge is 2.06.